The predicted octanol–water partition coefficient (Wildman–Crippen LogP) is 6.13. The average molecular weight is 429 g/mol. The topological polar surface area (TPSA) is 0 Å². The van der Waals surface area contributed by atoms with Crippen molar-refractivity contribution in [2.24, 2.45) is 0 Å². The van der Waals surface area contributed by atoms with Crippen LogP contribution in [0.5, 0.6) is 0 Å². The minimum absolute atomic E-state index is 0. The van der Waals surface area contributed by atoms with Gasteiger partial charge in [-0.05, 0) is 75.5 Å². The van der Waals surface area contributed by atoms with Crippen molar-refractivity contribution in [2.75, 3.05) is 0 Å². The molecule has 0 aromatic heterocycles. The second-order valence-electron chi connectivity index (χ2n) is 6.83. The summed E-state index contributed by atoms with van der Waals surface area (Å²) in [6, 6.07) is 9.52. The van der Waals surface area contributed by atoms with Crippen molar-refractivity contribution >= 4 is 24.2 Å². The molecule has 0 atom stereocenters. The minimum Gasteiger partial charge on any atom is -0.304 e. The summed E-state index contributed by atoms with van der Waals surface area (Å²) in [5.74, 6) is 0. The maximum atomic E-state index is 6.62. The van der Waals surface area contributed by atoms with Crippen LogP contribution in [0.25, 0.3) is 0 Å². The number of benzene rings is 1. The number of hydrogen-bond donors (Lipinski definition) is 0. The van der Waals surface area contributed by atoms with Crippen LogP contribution in [-0.2, 0) is 26.8 Å². The maximum Gasteiger partial charge on any atom is 0.0664 e. The third-order valence-electron chi connectivity index (χ3n) is 5.81. The van der Waals surface area contributed by atoms with Crippen molar-refractivity contribution in [1.82, 2.24) is 0 Å². The molecule has 0 nitrogen and oxygen atoms in total. The van der Waals surface area contributed by atoms with E-state index >= 15 is 0 Å². The Bertz CT molecular complexity index is 431. The fraction of sp³-hybridized carbons (Fsp3) is 0.632. The SMILES string of the molecule is CCc1ccc([P+]([CH-]Cl)(C2CCCC2)C2CCCC2)cc1.[Pd]. The fourth-order valence-electron chi connectivity index (χ4n) is 4.59. The van der Waals surface area contributed by atoms with Gasteiger partial charge in [-0.3, -0.25) is 0 Å². The molecule has 0 amide bonds. The molecule has 22 heavy (non-hydrogen) atoms. The Kier molecular flexibility index (Phi) is 7.42. The molecule has 0 bridgehead atoms. The Hall–Kier alpha value is 0.602. The van der Waals surface area contributed by atoms with Crippen LogP contribution in [0.1, 0.15) is 63.9 Å². The molecule has 1 aromatic rings. The van der Waals surface area contributed by atoms with Crippen LogP contribution in [0.2, 0.25) is 0 Å². The summed E-state index contributed by atoms with van der Waals surface area (Å²) >= 11 is 6.62. The van der Waals surface area contributed by atoms with Gasteiger partial charge in [0, 0.05) is 31.7 Å². The second kappa shape index (κ2) is 8.63. The van der Waals surface area contributed by atoms with E-state index < -0.39 is 7.26 Å². The van der Waals surface area contributed by atoms with Gasteiger partial charge in [0.15, 0.2) is 0 Å². The van der Waals surface area contributed by atoms with E-state index in [1.165, 1.54) is 56.9 Å². The van der Waals surface area contributed by atoms with Crippen molar-refractivity contribution in [3.05, 3.63) is 35.5 Å². The van der Waals surface area contributed by atoms with Gasteiger partial charge in [0.05, 0.1) is 5.30 Å². The van der Waals surface area contributed by atoms with Crippen molar-refractivity contribution in [3.8, 4) is 0 Å². The molecule has 1 aromatic carbocycles. The molecular formula is C19H28ClPPd. The van der Waals surface area contributed by atoms with Gasteiger partial charge in [-0.2, -0.15) is 0 Å². The summed E-state index contributed by atoms with van der Waals surface area (Å²) in [4.78, 5) is 0. The Morgan fingerprint density at radius 3 is 1.77 bits per heavy atom. The summed E-state index contributed by atoms with van der Waals surface area (Å²) in [5, 5.41) is 1.59. The van der Waals surface area contributed by atoms with Crippen LogP contribution in [-0.4, -0.2) is 11.3 Å². The summed E-state index contributed by atoms with van der Waals surface area (Å²) in [5.41, 5.74) is 5.36. The second-order valence-corrected chi connectivity index (χ2v) is 11.3. The normalized spacial score (nSPS) is 20.3. The van der Waals surface area contributed by atoms with E-state index in [4.69, 9.17) is 11.6 Å². The molecule has 2 fully saturated rings. The first-order valence-electron chi connectivity index (χ1n) is 8.73. The van der Waals surface area contributed by atoms with E-state index in [2.05, 4.69) is 36.8 Å². The molecule has 2 aliphatic rings. The van der Waals surface area contributed by atoms with Crippen molar-refractivity contribution in [1.29, 1.82) is 0 Å². The summed E-state index contributed by atoms with van der Waals surface area (Å²) in [6.45, 7) is 2.24. The van der Waals surface area contributed by atoms with Crippen LogP contribution in [0, 0.1) is 5.62 Å². The van der Waals surface area contributed by atoms with Crippen LogP contribution in [0.3, 0.4) is 0 Å². The molecule has 0 spiro atoms. The molecule has 0 saturated heterocycles. The van der Waals surface area contributed by atoms with Gasteiger partial charge in [-0.15, -0.1) is 0 Å². The molecule has 3 rings (SSSR count). The van der Waals surface area contributed by atoms with Crippen LogP contribution in [0.15, 0.2) is 24.3 Å². The molecule has 2 saturated carbocycles. The van der Waals surface area contributed by atoms with E-state index in [1.54, 1.807) is 5.30 Å². The quantitative estimate of drug-likeness (QED) is 0.300. The van der Waals surface area contributed by atoms with Gasteiger partial charge >= 0.3 is 0 Å². The molecule has 0 radical (unpaired) electrons. The maximum absolute atomic E-state index is 6.62. The first-order valence-corrected chi connectivity index (χ1v) is 11.2. The number of hydrogen-bond acceptors (Lipinski definition) is 0. The summed E-state index contributed by atoms with van der Waals surface area (Å²) < 4.78 is 0. The third kappa shape index (κ3) is 3.49. The Labute approximate surface area is 155 Å². The summed E-state index contributed by atoms with van der Waals surface area (Å²) in [6.07, 6.45) is 12.4. The van der Waals surface area contributed by atoms with Gasteiger partial charge in [0.1, 0.15) is 0 Å². The zero-order valence-corrected chi connectivity index (χ0v) is 16.8. The fourth-order valence-corrected chi connectivity index (χ4v) is 10.9. The largest absolute Gasteiger partial charge is 0.304 e. The summed E-state index contributed by atoms with van der Waals surface area (Å²) in [7, 11) is -1.31. The molecule has 0 aliphatic heterocycles. The molecule has 2 aliphatic carbocycles. The van der Waals surface area contributed by atoms with Crippen molar-refractivity contribution in [3.63, 3.8) is 0 Å². The molecule has 0 N–H and O–H groups in total. The van der Waals surface area contributed by atoms with Gasteiger partial charge in [-0.1, -0.05) is 31.9 Å². The van der Waals surface area contributed by atoms with E-state index in [0.717, 1.165) is 17.7 Å². The van der Waals surface area contributed by atoms with Crippen LogP contribution < -0.4 is 5.30 Å². The monoisotopic (exact) mass is 428 g/mol. The van der Waals surface area contributed by atoms with Crippen LogP contribution in [0.4, 0.5) is 0 Å². The molecule has 126 valence electrons. The number of halogens is 1. The van der Waals surface area contributed by atoms with Gasteiger partial charge in [0.2, 0.25) is 0 Å². The number of aryl methyl sites for hydroxylation is 1. The zero-order valence-electron chi connectivity index (χ0n) is 13.5. The first-order chi connectivity index (χ1) is 10.3. The van der Waals surface area contributed by atoms with E-state index in [1.807, 2.05) is 0 Å². The standard InChI is InChI=1S/C19H28ClP.Pd/c1-2-16-11-13-19(14-12-16)21(15-20,17-7-3-4-8-17)18-9-5-6-10-18;/h11-15,17-18H,2-10H2,1H3;. The number of rotatable bonds is 5. The smallest absolute Gasteiger partial charge is 0.0664 e. The Morgan fingerprint density at radius 1 is 0.955 bits per heavy atom. The predicted molar refractivity (Wildman–Crippen MR) is 97.0 cm³/mol. The van der Waals surface area contributed by atoms with Gasteiger partial charge in [0.25, 0.3) is 0 Å². The van der Waals surface area contributed by atoms with Crippen LogP contribution >= 0.6 is 18.9 Å². The molecule has 0 heterocycles. The third-order valence-corrected chi connectivity index (χ3v) is 11.7. The van der Waals surface area contributed by atoms with Gasteiger partial charge < -0.3 is 11.6 Å². The molecular weight excluding hydrogens is 401 g/mol. The zero-order chi connectivity index (χ0) is 14.7. The van der Waals surface area contributed by atoms with E-state index in [9.17, 15) is 0 Å². The van der Waals surface area contributed by atoms with Crippen molar-refractivity contribution < 1.29 is 20.4 Å². The Morgan fingerprint density at radius 2 is 1.41 bits per heavy atom. The minimum atomic E-state index is -1.31. The average Bonchev–Trinajstić information content (AvgIpc) is 3.23. The van der Waals surface area contributed by atoms with Crippen molar-refractivity contribution in [2.45, 2.75) is 76.0 Å². The van der Waals surface area contributed by atoms with E-state index in [0.29, 0.717) is 0 Å². The first kappa shape index (κ1) is 18.9. The van der Waals surface area contributed by atoms with Gasteiger partial charge in [-0.25, -0.2) is 0 Å². The molecule has 0 unspecified atom stereocenters. The Balaban J connectivity index is 0.00000176. The van der Waals surface area contributed by atoms with E-state index in [-0.39, 0.29) is 20.4 Å². The molecule has 3 heteroatoms.